The van der Waals surface area contributed by atoms with Crippen LogP contribution in [0.2, 0.25) is 0 Å². The molecule has 0 bridgehead atoms. The monoisotopic (exact) mass is 281 g/mol. The minimum Gasteiger partial charge on any atom is -0.363 e. The molecule has 3 heteroatoms. The first-order chi connectivity index (χ1) is 10.4. The normalized spacial score (nSPS) is 19.0. The highest BCUT2D eigenvalue weighted by Crippen LogP contribution is 2.29. The van der Waals surface area contributed by atoms with Crippen LogP contribution in [-0.2, 0) is 4.42 Å². The third-order valence-corrected chi connectivity index (χ3v) is 3.99. The van der Waals surface area contributed by atoms with Crippen LogP contribution in [-0.4, -0.2) is 26.4 Å². The van der Waals surface area contributed by atoms with Crippen LogP contribution in [0.25, 0.3) is 0 Å². The maximum absolute atomic E-state index is 5.01. The molecule has 0 amide bonds. The number of hydrogen-bond acceptors (Lipinski definition) is 2. The summed E-state index contributed by atoms with van der Waals surface area (Å²) in [5, 5.41) is 3.54. The quantitative estimate of drug-likeness (QED) is 0.874. The molecule has 1 unspecified atom stereocenters. The standard InChI is InChI=1S/C18H21N2O/c1-21-17-10-8-15(9-11-17)18-14-19-12-5-13-20(18)16-6-3-2-4-7-16/h2-4,6-11,18-19H,1,5,12-14H2/q+1. The predicted octanol–water partition coefficient (Wildman–Crippen LogP) is 3.31. The Morgan fingerprint density at radius 1 is 1.05 bits per heavy atom. The molecular weight excluding hydrogens is 260 g/mol. The van der Waals surface area contributed by atoms with Gasteiger partial charge in [-0.1, -0.05) is 18.2 Å². The maximum atomic E-state index is 5.01. The van der Waals surface area contributed by atoms with Gasteiger partial charge < -0.3 is 10.2 Å². The second-order valence-corrected chi connectivity index (χ2v) is 5.32. The van der Waals surface area contributed by atoms with Gasteiger partial charge in [0.05, 0.1) is 6.04 Å². The van der Waals surface area contributed by atoms with Gasteiger partial charge in [0, 0.05) is 30.9 Å². The van der Waals surface area contributed by atoms with E-state index >= 15 is 0 Å². The van der Waals surface area contributed by atoms with E-state index in [-0.39, 0.29) is 0 Å². The molecule has 1 fully saturated rings. The summed E-state index contributed by atoms with van der Waals surface area (Å²) in [5.74, 6) is 0.798. The van der Waals surface area contributed by atoms with Crippen molar-refractivity contribution < 1.29 is 4.42 Å². The molecule has 108 valence electrons. The molecule has 2 aromatic rings. The zero-order valence-electron chi connectivity index (χ0n) is 12.2. The lowest BCUT2D eigenvalue weighted by Gasteiger charge is -2.32. The van der Waals surface area contributed by atoms with Crippen molar-refractivity contribution in [3.63, 3.8) is 0 Å². The molecule has 0 radical (unpaired) electrons. The second-order valence-electron chi connectivity index (χ2n) is 5.32. The van der Waals surface area contributed by atoms with Gasteiger partial charge in [0.25, 0.3) is 6.79 Å². The van der Waals surface area contributed by atoms with Crippen molar-refractivity contribution >= 4 is 12.5 Å². The van der Waals surface area contributed by atoms with E-state index in [2.05, 4.69) is 59.5 Å². The number of carbonyl (C=O) groups excluding carboxylic acids is 1. The minimum absolute atomic E-state index is 0.341. The fourth-order valence-corrected chi connectivity index (χ4v) is 2.89. The van der Waals surface area contributed by atoms with E-state index in [0.717, 1.165) is 31.8 Å². The molecule has 1 atom stereocenters. The fourth-order valence-electron chi connectivity index (χ4n) is 2.89. The van der Waals surface area contributed by atoms with E-state index in [1.54, 1.807) is 0 Å². The Bertz CT molecular complexity index is 580. The Hall–Kier alpha value is -2.13. The van der Waals surface area contributed by atoms with E-state index in [4.69, 9.17) is 4.42 Å². The molecule has 1 aliphatic rings. The highest BCUT2D eigenvalue weighted by Gasteiger charge is 2.23. The third-order valence-electron chi connectivity index (χ3n) is 3.99. The average molecular weight is 281 g/mol. The summed E-state index contributed by atoms with van der Waals surface area (Å²) >= 11 is 0. The SMILES string of the molecule is C=[O+]c1ccc(C2CNCCCN2c2ccccc2)cc1. The van der Waals surface area contributed by atoms with Gasteiger partial charge in [-0.15, -0.1) is 0 Å². The van der Waals surface area contributed by atoms with Crippen LogP contribution in [0.15, 0.2) is 54.6 Å². The molecule has 0 spiro atoms. The first kappa shape index (κ1) is 13.8. The topological polar surface area (TPSA) is 26.6 Å². The molecule has 3 rings (SSSR count). The molecule has 0 saturated carbocycles. The van der Waals surface area contributed by atoms with Crippen molar-refractivity contribution in [2.45, 2.75) is 12.5 Å². The van der Waals surface area contributed by atoms with E-state index in [0.29, 0.717) is 6.04 Å². The van der Waals surface area contributed by atoms with Gasteiger partial charge in [0.2, 0.25) is 0 Å². The number of rotatable bonds is 3. The molecule has 0 aromatic heterocycles. The first-order valence-electron chi connectivity index (χ1n) is 7.43. The number of benzene rings is 2. The average Bonchev–Trinajstić information content (AvgIpc) is 2.81. The van der Waals surface area contributed by atoms with Crippen LogP contribution in [0.5, 0.6) is 5.75 Å². The van der Waals surface area contributed by atoms with Crippen molar-refractivity contribution in [1.29, 1.82) is 0 Å². The van der Waals surface area contributed by atoms with E-state index < -0.39 is 0 Å². The van der Waals surface area contributed by atoms with Gasteiger partial charge in [0.1, 0.15) is 0 Å². The largest absolute Gasteiger partial charge is 0.363 e. The molecule has 1 saturated heterocycles. The smallest absolute Gasteiger partial charge is 0.351 e. The molecule has 3 nitrogen and oxygen atoms in total. The molecule has 1 N–H and O–H groups in total. The number of nitrogens with one attached hydrogen (secondary N) is 1. The van der Waals surface area contributed by atoms with Crippen LogP contribution >= 0.6 is 0 Å². The van der Waals surface area contributed by atoms with E-state index in [9.17, 15) is 0 Å². The maximum Gasteiger partial charge on any atom is 0.351 e. The summed E-state index contributed by atoms with van der Waals surface area (Å²) < 4.78 is 5.01. The van der Waals surface area contributed by atoms with Gasteiger partial charge in [-0.3, -0.25) is 0 Å². The summed E-state index contributed by atoms with van der Waals surface area (Å²) in [7, 11) is 0. The first-order valence-corrected chi connectivity index (χ1v) is 7.43. The molecule has 21 heavy (non-hydrogen) atoms. The van der Waals surface area contributed by atoms with Gasteiger partial charge in [-0.05, 0) is 42.8 Å². The number of nitrogens with zero attached hydrogens (tertiary/aromatic N) is 1. The van der Waals surface area contributed by atoms with Crippen molar-refractivity contribution in [3.05, 3.63) is 60.2 Å². The van der Waals surface area contributed by atoms with Gasteiger partial charge in [0.15, 0.2) is 0 Å². The van der Waals surface area contributed by atoms with Crippen LogP contribution in [0.3, 0.4) is 0 Å². The summed E-state index contributed by atoms with van der Waals surface area (Å²) in [6.07, 6.45) is 1.16. The third kappa shape index (κ3) is 3.14. The van der Waals surface area contributed by atoms with Gasteiger partial charge in [-0.25, -0.2) is 4.42 Å². The molecule has 1 heterocycles. The summed E-state index contributed by atoms with van der Waals surface area (Å²) in [5.41, 5.74) is 2.58. The fraction of sp³-hybridized carbons (Fsp3) is 0.278. The Kier molecular flexibility index (Phi) is 4.31. The zero-order valence-corrected chi connectivity index (χ0v) is 12.2. The highest BCUT2D eigenvalue weighted by molar-refractivity contribution is 5.49. The minimum atomic E-state index is 0.341. The molecule has 0 aliphatic carbocycles. The van der Waals surface area contributed by atoms with Crippen molar-refractivity contribution in [1.82, 2.24) is 5.32 Å². The van der Waals surface area contributed by atoms with Crippen molar-refractivity contribution in [3.8, 4) is 5.75 Å². The van der Waals surface area contributed by atoms with Gasteiger partial charge in [-0.2, -0.15) is 0 Å². The molecular formula is C18H21N2O+. The second kappa shape index (κ2) is 6.55. The summed E-state index contributed by atoms with van der Waals surface area (Å²) in [6.45, 7) is 6.54. The van der Waals surface area contributed by atoms with Gasteiger partial charge >= 0.3 is 5.75 Å². The number of hydrogen-bond donors (Lipinski definition) is 1. The Balaban J connectivity index is 1.92. The van der Waals surface area contributed by atoms with E-state index in [1.807, 2.05) is 12.1 Å². The lowest BCUT2D eigenvalue weighted by atomic mass is 10.0. The Morgan fingerprint density at radius 3 is 2.52 bits per heavy atom. The lowest BCUT2D eigenvalue weighted by molar-refractivity contribution is -0.354. The van der Waals surface area contributed by atoms with Crippen LogP contribution in [0.4, 0.5) is 5.69 Å². The summed E-state index contributed by atoms with van der Waals surface area (Å²) in [6, 6.07) is 19.2. The van der Waals surface area contributed by atoms with E-state index in [1.165, 1.54) is 11.3 Å². The highest BCUT2D eigenvalue weighted by atomic mass is 16.4. The Labute approximate surface area is 125 Å². The van der Waals surface area contributed by atoms with Crippen molar-refractivity contribution in [2.75, 3.05) is 24.5 Å². The van der Waals surface area contributed by atoms with Crippen LogP contribution in [0, 0.1) is 0 Å². The number of anilines is 1. The predicted molar refractivity (Wildman–Crippen MR) is 87.0 cm³/mol. The molecule has 2 aromatic carbocycles. The summed E-state index contributed by atoms with van der Waals surface area (Å²) in [4.78, 5) is 2.49. The van der Waals surface area contributed by atoms with Crippen LogP contribution in [0.1, 0.15) is 18.0 Å². The van der Waals surface area contributed by atoms with Crippen molar-refractivity contribution in [2.24, 2.45) is 0 Å². The van der Waals surface area contributed by atoms with Crippen LogP contribution < -0.4 is 10.2 Å². The zero-order chi connectivity index (χ0) is 14.5. The molecule has 1 aliphatic heterocycles. The Morgan fingerprint density at radius 2 is 1.81 bits per heavy atom. The number of para-hydroxylation sites is 1. The lowest BCUT2D eigenvalue weighted by Crippen LogP contribution is -2.32.